The van der Waals surface area contributed by atoms with Crippen molar-refractivity contribution in [1.29, 1.82) is 0 Å². The van der Waals surface area contributed by atoms with Crippen molar-refractivity contribution in [2.24, 2.45) is 0 Å². The second-order valence-corrected chi connectivity index (χ2v) is 8.05. The van der Waals surface area contributed by atoms with E-state index >= 15 is 0 Å². The number of benzene rings is 3. The van der Waals surface area contributed by atoms with Crippen LogP contribution in [0.4, 0.5) is 5.69 Å². The maximum absolute atomic E-state index is 13.3. The molecule has 1 aliphatic heterocycles. The van der Waals surface area contributed by atoms with Gasteiger partial charge in [-0.3, -0.25) is 19.7 Å². The molecule has 0 aliphatic carbocycles. The van der Waals surface area contributed by atoms with Crippen molar-refractivity contribution in [2.75, 3.05) is 13.7 Å². The van der Waals surface area contributed by atoms with E-state index in [9.17, 15) is 24.8 Å². The van der Waals surface area contributed by atoms with Crippen LogP contribution in [0, 0.1) is 10.1 Å². The molecule has 0 radical (unpaired) electrons. The minimum Gasteiger partial charge on any atom is -0.507 e. The van der Waals surface area contributed by atoms with Crippen molar-refractivity contribution in [2.45, 2.75) is 19.5 Å². The average molecular weight is 488 g/mol. The Morgan fingerprint density at radius 1 is 1.06 bits per heavy atom. The lowest BCUT2D eigenvalue weighted by Gasteiger charge is -2.26. The number of methoxy groups -OCH3 is 1. The van der Waals surface area contributed by atoms with Gasteiger partial charge >= 0.3 is 0 Å². The zero-order valence-corrected chi connectivity index (χ0v) is 19.7. The molecule has 1 N–H and O–H groups in total. The highest BCUT2D eigenvalue weighted by Gasteiger charge is 2.46. The number of aliphatic hydroxyl groups excluding tert-OH is 1. The summed E-state index contributed by atoms with van der Waals surface area (Å²) >= 11 is 0. The summed E-state index contributed by atoms with van der Waals surface area (Å²) in [5.41, 5.74) is 0.858. The van der Waals surface area contributed by atoms with Crippen LogP contribution in [-0.2, 0) is 16.1 Å². The Balaban J connectivity index is 1.89. The Bertz CT molecular complexity index is 1370. The summed E-state index contributed by atoms with van der Waals surface area (Å²) in [6.45, 7) is 2.28. The predicted molar refractivity (Wildman–Crippen MR) is 132 cm³/mol. The lowest BCUT2D eigenvalue weighted by Crippen LogP contribution is -2.29. The van der Waals surface area contributed by atoms with E-state index < -0.39 is 28.4 Å². The van der Waals surface area contributed by atoms with Crippen molar-refractivity contribution in [3.05, 3.63) is 105 Å². The molecule has 4 rings (SSSR count). The number of rotatable bonds is 8. The maximum atomic E-state index is 13.3. The molecule has 0 spiro atoms. The third-order valence-electron chi connectivity index (χ3n) is 5.89. The second kappa shape index (κ2) is 10.3. The number of Topliss-reactive ketones (excluding diaryl/α,β-unsaturated/α-hetero) is 1. The number of carbonyl (C=O) groups is 2. The van der Waals surface area contributed by atoms with Gasteiger partial charge in [-0.2, -0.15) is 0 Å². The lowest BCUT2D eigenvalue weighted by molar-refractivity contribution is -0.384. The van der Waals surface area contributed by atoms with Crippen LogP contribution in [0.3, 0.4) is 0 Å². The third kappa shape index (κ3) is 4.63. The van der Waals surface area contributed by atoms with Gasteiger partial charge in [0.2, 0.25) is 0 Å². The quantitative estimate of drug-likeness (QED) is 0.161. The van der Waals surface area contributed by atoms with Gasteiger partial charge in [-0.25, -0.2) is 0 Å². The Labute approximate surface area is 207 Å². The van der Waals surface area contributed by atoms with E-state index in [1.165, 1.54) is 30.2 Å². The summed E-state index contributed by atoms with van der Waals surface area (Å²) in [6, 6.07) is 18.4. The molecule has 0 saturated carbocycles. The lowest BCUT2D eigenvalue weighted by atomic mass is 9.95. The van der Waals surface area contributed by atoms with E-state index in [0.29, 0.717) is 29.2 Å². The topological polar surface area (TPSA) is 119 Å². The molecule has 1 atom stereocenters. The molecule has 0 aromatic heterocycles. The van der Waals surface area contributed by atoms with E-state index in [2.05, 4.69) is 0 Å². The Hall–Kier alpha value is -4.66. The molecule has 3 aromatic carbocycles. The minimum absolute atomic E-state index is 0.0316. The number of ether oxygens (including phenoxy) is 2. The van der Waals surface area contributed by atoms with Crippen LogP contribution >= 0.6 is 0 Å². The van der Waals surface area contributed by atoms with Crippen LogP contribution in [0.2, 0.25) is 0 Å². The van der Waals surface area contributed by atoms with Gasteiger partial charge in [0.1, 0.15) is 17.3 Å². The molecule has 1 saturated heterocycles. The zero-order chi connectivity index (χ0) is 25.8. The van der Waals surface area contributed by atoms with Crippen molar-refractivity contribution in [3.63, 3.8) is 0 Å². The largest absolute Gasteiger partial charge is 0.507 e. The molecule has 3 aromatic rings. The third-order valence-corrected chi connectivity index (χ3v) is 5.89. The molecular weight excluding hydrogens is 464 g/mol. The first-order valence-corrected chi connectivity index (χ1v) is 11.2. The fraction of sp³-hybridized carbons (Fsp3) is 0.185. The van der Waals surface area contributed by atoms with Gasteiger partial charge in [-0.05, 0) is 30.7 Å². The first kappa shape index (κ1) is 24.5. The molecule has 1 fully saturated rings. The van der Waals surface area contributed by atoms with Gasteiger partial charge in [-0.1, -0.05) is 42.5 Å². The number of hydrogen-bond acceptors (Lipinski definition) is 7. The van der Waals surface area contributed by atoms with Gasteiger partial charge in [0.05, 0.1) is 36.8 Å². The number of nitro benzene ring substituents is 1. The van der Waals surface area contributed by atoms with Crippen LogP contribution in [-0.4, -0.2) is 40.3 Å². The number of hydrogen-bond donors (Lipinski definition) is 1. The number of carbonyl (C=O) groups excluding carboxylic acids is 2. The zero-order valence-electron chi connectivity index (χ0n) is 19.7. The van der Waals surface area contributed by atoms with Crippen molar-refractivity contribution >= 4 is 23.1 Å². The van der Waals surface area contributed by atoms with E-state index in [1.54, 1.807) is 48.5 Å². The van der Waals surface area contributed by atoms with Gasteiger partial charge in [0, 0.05) is 23.3 Å². The van der Waals surface area contributed by atoms with E-state index in [4.69, 9.17) is 9.47 Å². The van der Waals surface area contributed by atoms with Gasteiger partial charge in [-0.15, -0.1) is 0 Å². The van der Waals surface area contributed by atoms with E-state index in [0.717, 1.165) is 6.07 Å². The molecule has 9 nitrogen and oxygen atoms in total. The standard InChI is InChI=1S/C27H24N2O7/c1-3-36-21-12-7-9-17(15-21)24-23(25(30)18-10-6-11-20(14-18)29(33)34)26(31)27(32)28(24)16-19-8-4-5-13-22(19)35-2/h4-15,24,30H,3,16H2,1-2H3/b25-23-. The van der Waals surface area contributed by atoms with Gasteiger partial charge in [0.15, 0.2) is 0 Å². The number of para-hydroxylation sites is 1. The fourth-order valence-corrected chi connectivity index (χ4v) is 4.27. The Kier molecular flexibility index (Phi) is 7.00. The molecular formula is C27H24N2O7. The highest BCUT2D eigenvalue weighted by Crippen LogP contribution is 2.42. The van der Waals surface area contributed by atoms with Crippen LogP contribution in [0.1, 0.15) is 29.7 Å². The van der Waals surface area contributed by atoms with Crippen molar-refractivity contribution in [3.8, 4) is 11.5 Å². The molecule has 9 heteroatoms. The highest BCUT2D eigenvalue weighted by molar-refractivity contribution is 6.46. The smallest absolute Gasteiger partial charge is 0.295 e. The Morgan fingerprint density at radius 2 is 1.81 bits per heavy atom. The fourth-order valence-electron chi connectivity index (χ4n) is 4.27. The molecule has 36 heavy (non-hydrogen) atoms. The summed E-state index contributed by atoms with van der Waals surface area (Å²) in [5.74, 6) is -1.11. The number of likely N-dealkylation sites (tertiary alicyclic amines) is 1. The summed E-state index contributed by atoms with van der Waals surface area (Å²) in [6.07, 6.45) is 0. The van der Waals surface area contributed by atoms with Crippen LogP contribution < -0.4 is 9.47 Å². The van der Waals surface area contributed by atoms with E-state index in [-0.39, 0.29) is 23.4 Å². The van der Waals surface area contributed by atoms with Gasteiger partial charge < -0.3 is 19.5 Å². The highest BCUT2D eigenvalue weighted by atomic mass is 16.6. The molecule has 1 unspecified atom stereocenters. The van der Waals surface area contributed by atoms with Crippen molar-refractivity contribution in [1.82, 2.24) is 4.90 Å². The monoisotopic (exact) mass is 488 g/mol. The number of aliphatic hydroxyl groups is 1. The number of nitrogens with zero attached hydrogens (tertiary/aromatic N) is 2. The number of amides is 1. The SMILES string of the molecule is CCOc1cccc(C2/C(=C(/O)c3cccc([N+](=O)[O-])c3)C(=O)C(=O)N2Cc2ccccc2OC)c1. The van der Waals surface area contributed by atoms with E-state index in [1.807, 2.05) is 6.92 Å². The summed E-state index contributed by atoms with van der Waals surface area (Å²) < 4.78 is 11.0. The normalized spacial score (nSPS) is 16.7. The molecule has 0 bridgehead atoms. The molecule has 1 heterocycles. The average Bonchev–Trinajstić information content (AvgIpc) is 3.14. The second-order valence-electron chi connectivity index (χ2n) is 8.05. The molecule has 1 amide bonds. The number of ketones is 1. The maximum Gasteiger partial charge on any atom is 0.295 e. The number of non-ortho nitro benzene ring substituents is 1. The number of nitro groups is 1. The molecule has 184 valence electrons. The minimum atomic E-state index is -0.963. The van der Waals surface area contributed by atoms with Crippen molar-refractivity contribution < 1.29 is 29.1 Å². The van der Waals surface area contributed by atoms with Crippen LogP contribution in [0.15, 0.2) is 78.4 Å². The molecule has 1 aliphatic rings. The summed E-state index contributed by atoms with van der Waals surface area (Å²) in [5, 5.41) is 22.5. The summed E-state index contributed by atoms with van der Waals surface area (Å²) in [4.78, 5) is 38.6. The first-order chi connectivity index (χ1) is 17.3. The van der Waals surface area contributed by atoms with Gasteiger partial charge in [0.25, 0.3) is 17.4 Å². The van der Waals surface area contributed by atoms with Crippen LogP contribution in [0.5, 0.6) is 11.5 Å². The predicted octanol–water partition coefficient (Wildman–Crippen LogP) is 4.62. The Morgan fingerprint density at radius 3 is 2.53 bits per heavy atom. The first-order valence-electron chi connectivity index (χ1n) is 11.2. The van der Waals surface area contributed by atoms with Crippen LogP contribution in [0.25, 0.3) is 5.76 Å². The summed E-state index contributed by atoms with van der Waals surface area (Å²) in [7, 11) is 1.51.